The molecule has 1 aliphatic rings. The maximum absolute atomic E-state index is 10.1. The van der Waals surface area contributed by atoms with Crippen molar-refractivity contribution in [3.05, 3.63) is 51.6 Å². The standard InChI is InChI=1S/C20H23Cl2N5O.ClH/c1-23-20-15(22)3-5-18(26-20)24-7-9-27-8-6-13-14-10-12(21)2-4-16(14)25-19(13)17(27)11-28;/h2-5,10,17,25,28H,6-9,11H2,1H3,(H2,23,24,26);1H. The quantitative estimate of drug-likeness (QED) is 0.444. The highest BCUT2D eigenvalue weighted by molar-refractivity contribution is 6.33. The third-order valence-corrected chi connectivity index (χ3v) is 5.83. The Balaban J connectivity index is 0.00000240. The number of hydrogen-bond donors (Lipinski definition) is 4. The molecule has 0 spiro atoms. The Morgan fingerprint density at radius 3 is 2.86 bits per heavy atom. The van der Waals surface area contributed by atoms with Gasteiger partial charge in [-0.15, -0.1) is 12.4 Å². The number of anilines is 2. The average molecular weight is 457 g/mol. The second-order valence-electron chi connectivity index (χ2n) is 6.90. The maximum atomic E-state index is 10.1. The number of halogens is 3. The van der Waals surface area contributed by atoms with Crippen LogP contribution in [0.2, 0.25) is 10.0 Å². The molecule has 3 heterocycles. The lowest BCUT2D eigenvalue weighted by Gasteiger charge is -2.34. The number of aromatic nitrogens is 2. The molecule has 1 aliphatic heterocycles. The molecule has 4 rings (SSSR count). The number of H-pyrrole nitrogens is 1. The number of fused-ring (bicyclic) bond motifs is 3. The lowest BCUT2D eigenvalue weighted by molar-refractivity contribution is 0.116. The van der Waals surface area contributed by atoms with Gasteiger partial charge in [-0.05, 0) is 42.3 Å². The van der Waals surface area contributed by atoms with E-state index in [1.807, 2.05) is 30.3 Å². The van der Waals surface area contributed by atoms with E-state index in [9.17, 15) is 5.11 Å². The Morgan fingerprint density at radius 2 is 2.10 bits per heavy atom. The van der Waals surface area contributed by atoms with Gasteiger partial charge >= 0.3 is 0 Å². The fourth-order valence-corrected chi connectivity index (χ4v) is 4.28. The van der Waals surface area contributed by atoms with Crippen molar-refractivity contribution in [2.75, 3.05) is 43.9 Å². The van der Waals surface area contributed by atoms with Gasteiger partial charge < -0.3 is 20.7 Å². The molecule has 2 aromatic heterocycles. The summed E-state index contributed by atoms with van der Waals surface area (Å²) in [6.07, 6.45) is 0.926. The van der Waals surface area contributed by atoms with Crippen molar-refractivity contribution < 1.29 is 5.11 Å². The largest absolute Gasteiger partial charge is 0.394 e. The molecule has 0 amide bonds. The predicted molar refractivity (Wildman–Crippen MR) is 123 cm³/mol. The highest BCUT2D eigenvalue weighted by Crippen LogP contribution is 2.35. The molecule has 0 bridgehead atoms. The zero-order valence-electron chi connectivity index (χ0n) is 16.0. The van der Waals surface area contributed by atoms with Gasteiger partial charge in [-0.25, -0.2) is 4.98 Å². The molecule has 0 fully saturated rings. The number of rotatable bonds is 6. The number of hydrogen-bond acceptors (Lipinski definition) is 5. The summed E-state index contributed by atoms with van der Waals surface area (Å²) in [6, 6.07) is 9.53. The summed E-state index contributed by atoms with van der Waals surface area (Å²) in [5.41, 5.74) is 3.42. The molecule has 156 valence electrons. The van der Waals surface area contributed by atoms with Gasteiger partial charge in [0.05, 0.1) is 17.7 Å². The van der Waals surface area contributed by atoms with Crippen LogP contribution in [-0.2, 0) is 6.42 Å². The van der Waals surface area contributed by atoms with Crippen molar-refractivity contribution in [2.24, 2.45) is 0 Å². The Morgan fingerprint density at radius 1 is 1.28 bits per heavy atom. The average Bonchev–Trinajstić information content (AvgIpc) is 3.06. The van der Waals surface area contributed by atoms with Gasteiger partial charge in [0.15, 0.2) is 0 Å². The number of aliphatic hydroxyl groups excluding tert-OH is 1. The monoisotopic (exact) mass is 455 g/mol. The van der Waals surface area contributed by atoms with Crippen molar-refractivity contribution in [2.45, 2.75) is 12.5 Å². The summed E-state index contributed by atoms with van der Waals surface area (Å²) < 4.78 is 0. The lowest BCUT2D eigenvalue weighted by atomic mass is 9.97. The number of nitrogens with one attached hydrogen (secondary N) is 3. The van der Waals surface area contributed by atoms with Crippen LogP contribution >= 0.6 is 35.6 Å². The van der Waals surface area contributed by atoms with Gasteiger partial charge in [0.25, 0.3) is 0 Å². The van der Waals surface area contributed by atoms with E-state index in [-0.39, 0.29) is 25.1 Å². The minimum absolute atomic E-state index is 0. The Labute approximate surface area is 186 Å². The zero-order chi connectivity index (χ0) is 19.7. The number of nitrogens with zero attached hydrogens (tertiary/aromatic N) is 2. The van der Waals surface area contributed by atoms with E-state index in [1.165, 1.54) is 5.56 Å². The first-order valence-corrected chi connectivity index (χ1v) is 10.1. The SMILES string of the molecule is CNc1nc(NCCN2CCc3c([nH]c4ccc(Cl)cc34)C2CO)ccc1Cl.Cl. The van der Waals surface area contributed by atoms with E-state index < -0.39 is 0 Å². The molecule has 6 nitrogen and oxygen atoms in total. The van der Waals surface area contributed by atoms with Crippen molar-refractivity contribution in [1.29, 1.82) is 0 Å². The molecule has 0 radical (unpaired) electrons. The summed E-state index contributed by atoms with van der Waals surface area (Å²) in [5.74, 6) is 1.42. The zero-order valence-corrected chi connectivity index (χ0v) is 18.3. The molecule has 1 unspecified atom stereocenters. The highest BCUT2D eigenvalue weighted by atomic mass is 35.5. The van der Waals surface area contributed by atoms with Crippen LogP contribution in [0.1, 0.15) is 17.3 Å². The van der Waals surface area contributed by atoms with Crippen molar-refractivity contribution in [3.63, 3.8) is 0 Å². The number of aromatic amines is 1. The van der Waals surface area contributed by atoms with E-state index in [0.29, 0.717) is 10.8 Å². The van der Waals surface area contributed by atoms with Gasteiger partial charge in [0.1, 0.15) is 11.6 Å². The smallest absolute Gasteiger partial charge is 0.146 e. The first-order valence-electron chi connectivity index (χ1n) is 9.33. The summed E-state index contributed by atoms with van der Waals surface area (Å²) in [5, 5.41) is 18.9. The van der Waals surface area contributed by atoms with Crippen LogP contribution in [0, 0.1) is 0 Å². The first-order chi connectivity index (χ1) is 13.6. The van der Waals surface area contributed by atoms with E-state index in [4.69, 9.17) is 23.2 Å². The Bertz CT molecular complexity index is 994. The van der Waals surface area contributed by atoms with Crippen LogP contribution < -0.4 is 10.6 Å². The second-order valence-corrected chi connectivity index (χ2v) is 7.74. The highest BCUT2D eigenvalue weighted by Gasteiger charge is 2.29. The normalized spacial score (nSPS) is 16.3. The number of pyridine rings is 1. The molecule has 29 heavy (non-hydrogen) atoms. The molecule has 3 aromatic rings. The van der Waals surface area contributed by atoms with Crippen LogP contribution in [0.5, 0.6) is 0 Å². The molecular weight excluding hydrogens is 433 g/mol. The van der Waals surface area contributed by atoms with Crippen LogP contribution in [-0.4, -0.2) is 53.3 Å². The van der Waals surface area contributed by atoms with Crippen LogP contribution in [0.15, 0.2) is 30.3 Å². The third kappa shape index (κ3) is 4.42. The van der Waals surface area contributed by atoms with Gasteiger partial charge in [-0.1, -0.05) is 23.2 Å². The first kappa shape index (κ1) is 22.0. The summed E-state index contributed by atoms with van der Waals surface area (Å²) in [6.45, 7) is 2.46. The summed E-state index contributed by atoms with van der Waals surface area (Å²) >= 11 is 12.3. The van der Waals surface area contributed by atoms with E-state index in [2.05, 4.69) is 25.5 Å². The molecule has 1 atom stereocenters. The van der Waals surface area contributed by atoms with E-state index in [1.54, 1.807) is 7.05 Å². The van der Waals surface area contributed by atoms with E-state index in [0.717, 1.165) is 53.5 Å². The molecule has 9 heteroatoms. The summed E-state index contributed by atoms with van der Waals surface area (Å²) in [4.78, 5) is 10.2. The van der Waals surface area contributed by atoms with Crippen LogP contribution in [0.4, 0.5) is 11.6 Å². The van der Waals surface area contributed by atoms with E-state index >= 15 is 0 Å². The minimum atomic E-state index is -0.0530. The molecule has 0 saturated carbocycles. The second kappa shape index (κ2) is 9.41. The molecule has 0 aliphatic carbocycles. The van der Waals surface area contributed by atoms with Gasteiger partial charge in [-0.2, -0.15) is 0 Å². The van der Waals surface area contributed by atoms with Gasteiger partial charge in [0.2, 0.25) is 0 Å². The van der Waals surface area contributed by atoms with Crippen LogP contribution in [0.3, 0.4) is 0 Å². The fourth-order valence-electron chi connectivity index (χ4n) is 3.91. The number of aliphatic hydroxyl groups is 1. The topological polar surface area (TPSA) is 76.2 Å². The lowest BCUT2D eigenvalue weighted by Crippen LogP contribution is -2.40. The van der Waals surface area contributed by atoms with Crippen molar-refractivity contribution in [1.82, 2.24) is 14.9 Å². The van der Waals surface area contributed by atoms with Crippen molar-refractivity contribution >= 4 is 58.1 Å². The predicted octanol–water partition coefficient (Wildman–Crippen LogP) is 4.34. The fraction of sp³-hybridized carbons (Fsp3) is 0.350. The maximum Gasteiger partial charge on any atom is 0.146 e. The molecular formula is C20H24Cl3N5O. The minimum Gasteiger partial charge on any atom is -0.394 e. The molecule has 4 N–H and O–H groups in total. The van der Waals surface area contributed by atoms with Crippen LogP contribution in [0.25, 0.3) is 10.9 Å². The molecule has 0 saturated heterocycles. The molecule has 1 aromatic carbocycles. The Kier molecular flexibility index (Phi) is 7.14. The van der Waals surface area contributed by atoms with Gasteiger partial charge in [-0.3, -0.25) is 4.90 Å². The summed E-state index contributed by atoms with van der Waals surface area (Å²) in [7, 11) is 1.79. The van der Waals surface area contributed by atoms with Crippen molar-refractivity contribution in [3.8, 4) is 0 Å². The number of benzene rings is 1. The Hall–Kier alpha value is -1.70. The third-order valence-electron chi connectivity index (χ3n) is 5.29. The van der Waals surface area contributed by atoms with Gasteiger partial charge in [0, 0.05) is 48.3 Å².